The maximum Gasteiger partial charge on any atom is 0.251 e. The highest BCUT2D eigenvalue weighted by Gasteiger charge is 2.41. The number of halogens is 2. The van der Waals surface area contributed by atoms with Crippen LogP contribution in [-0.4, -0.2) is 70.6 Å². The molecule has 150 valence electrons. The number of nitrogens with zero attached hydrogens (tertiary/aromatic N) is 5. The predicted octanol–water partition coefficient (Wildman–Crippen LogP) is 1.11. The Morgan fingerprint density at radius 3 is 2.71 bits per heavy atom. The molecule has 5 heterocycles. The molecule has 5 rings (SSSR count). The Morgan fingerprint density at radius 2 is 1.93 bits per heavy atom. The van der Waals surface area contributed by atoms with Crippen LogP contribution in [0.2, 0.25) is 0 Å². The Hall–Kier alpha value is -2.29. The van der Waals surface area contributed by atoms with Crippen LogP contribution in [0.25, 0.3) is 5.65 Å². The Morgan fingerprint density at radius 1 is 1.18 bits per heavy atom. The van der Waals surface area contributed by atoms with E-state index in [1.165, 1.54) is 5.56 Å². The summed E-state index contributed by atoms with van der Waals surface area (Å²) in [5.74, 6) is -1.73. The van der Waals surface area contributed by atoms with Crippen LogP contribution in [0.3, 0.4) is 0 Å². The summed E-state index contributed by atoms with van der Waals surface area (Å²) >= 11 is 0. The second kappa shape index (κ2) is 6.65. The number of rotatable bonds is 2. The van der Waals surface area contributed by atoms with Crippen molar-refractivity contribution in [1.82, 2.24) is 24.8 Å². The van der Waals surface area contributed by atoms with Crippen molar-refractivity contribution in [2.45, 2.75) is 31.6 Å². The Bertz CT molecular complexity index is 897. The fraction of sp³-hybridized carbons (Fsp3) is 0.632. The minimum Gasteiger partial charge on any atom is -0.354 e. The topological polar surface area (TPSA) is 65.8 Å². The molecule has 3 aliphatic heterocycles. The van der Waals surface area contributed by atoms with Gasteiger partial charge in [-0.2, -0.15) is 9.61 Å². The van der Waals surface area contributed by atoms with Gasteiger partial charge in [-0.1, -0.05) is 0 Å². The summed E-state index contributed by atoms with van der Waals surface area (Å²) < 4.78 is 28.6. The van der Waals surface area contributed by atoms with Gasteiger partial charge in [0.05, 0.1) is 17.8 Å². The SMILES string of the molecule is O=C(C1CN(c2c3c(nc4ccnn24)CCNCC3)C1)N1CCC(F)(F)CC1. The van der Waals surface area contributed by atoms with Gasteiger partial charge in [0.1, 0.15) is 5.82 Å². The molecule has 2 aromatic heterocycles. The lowest BCUT2D eigenvalue weighted by molar-refractivity contribution is -0.142. The van der Waals surface area contributed by atoms with Gasteiger partial charge in [0.2, 0.25) is 5.91 Å². The van der Waals surface area contributed by atoms with Crippen LogP contribution in [0.1, 0.15) is 24.1 Å². The lowest BCUT2D eigenvalue weighted by Crippen LogP contribution is -2.57. The molecular formula is C19H24F2N6O. The maximum atomic E-state index is 13.4. The molecule has 1 N–H and O–H groups in total. The number of nitrogens with one attached hydrogen (secondary N) is 1. The Kier molecular flexibility index (Phi) is 4.22. The highest BCUT2D eigenvalue weighted by atomic mass is 19.3. The number of aromatic nitrogens is 3. The van der Waals surface area contributed by atoms with Crippen LogP contribution in [0.4, 0.5) is 14.6 Å². The largest absolute Gasteiger partial charge is 0.354 e. The number of alkyl halides is 2. The van der Waals surface area contributed by atoms with E-state index in [4.69, 9.17) is 4.98 Å². The molecule has 0 unspecified atom stereocenters. The van der Waals surface area contributed by atoms with Crippen molar-refractivity contribution in [3.63, 3.8) is 0 Å². The summed E-state index contributed by atoms with van der Waals surface area (Å²) in [6.07, 6.45) is 3.05. The molecule has 0 bridgehead atoms. The summed E-state index contributed by atoms with van der Waals surface area (Å²) in [4.78, 5) is 21.3. The summed E-state index contributed by atoms with van der Waals surface area (Å²) in [6.45, 7) is 3.32. The van der Waals surface area contributed by atoms with Crippen molar-refractivity contribution < 1.29 is 13.6 Å². The molecule has 0 aromatic carbocycles. The van der Waals surface area contributed by atoms with E-state index in [0.717, 1.165) is 43.1 Å². The zero-order chi connectivity index (χ0) is 19.3. The van der Waals surface area contributed by atoms with Crippen molar-refractivity contribution in [1.29, 1.82) is 0 Å². The average molecular weight is 390 g/mol. The van der Waals surface area contributed by atoms with Crippen LogP contribution in [-0.2, 0) is 17.6 Å². The first kappa shape index (κ1) is 17.8. The number of anilines is 1. The van der Waals surface area contributed by atoms with E-state index in [2.05, 4.69) is 15.3 Å². The van der Waals surface area contributed by atoms with E-state index < -0.39 is 5.92 Å². The maximum absolute atomic E-state index is 13.4. The van der Waals surface area contributed by atoms with Crippen molar-refractivity contribution in [2.24, 2.45) is 5.92 Å². The summed E-state index contributed by atoms with van der Waals surface area (Å²) in [5, 5.41) is 7.86. The van der Waals surface area contributed by atoms with Crippen LogP contribution < -0.4 is 10.2 Å². The lowest BCUT2D eigenvalue weighted by atomic mass is 9.95. The molecule has 2 aromatic rings. The first-order chi connectivity index (χ1) is 13.5. The molecule has 7 nitrogen and oxygen atoms in total. The molecule has 9 heteroatoms. The third kappa shape index (κ3) is 3.01. The zero-order valence-corrected chi connectivity index (χ0v) is 15.7. The van der Waals surface area contributed by atoms with Gasteiger partial charge in [-0.15, -0.1) is 0 Å². The summed E-state index contributed by atoms with van der Waals surface area (Å²) in [5.41, 5.74) is 3.12. The molecule has 0 aliphatic carbocycles. The van der Waals surface area contributed by atoms with Gasteiger partial charge in [0, 0.05) is 63.6 Å². The van der Waals surface area contributed by atoms with Crippen LogP contribution in [0.5, 0.6) is 0 Å². The number of amides is 1. The van der Waals surface area contributed by atoms with E-state index in [-0.39, 0.29) is 37.8 Å². The summed E-state index contributed by atoms with van der Waals surface area (Å²) in [7, 11) is 0. The second-order valence-electron chi connectivity index (χ2n) is 8.00. The Balaban J connectivity index is 1.35. The van der Waals surface area contributed by atoms with Crippen LogP contribution in [0.15, 0.2) is 12.3 Å². The van der Waals surface area contributed by atoms with E-state index in [1.807, 2.05) is 10.6 Å². The quantitative estimate of drug-likeness (QED) is 0.832. The molecule has 0 spiro atoms. The van der Waals surface area contributed by atoms with Crippen LogP contribution >= 0.6 is 0 Å². The fourth-order valence-corrected chi connectivity index (χ4v) is 4.46. The number of hydrogen-bond acceptors (Lipinski definition) is 5. The Labute approximate surface area is 161 Å². The molecule has 2 saturated heterocycles. The third-order valence-electron chi connectivity index (χ3n) is 6.12. The fourth-order valence-electron chi connectivity index (χ4n) is 4.46. The van der Waals surface area contributed by atoms with Gasteiger partial charge in [0.15, 0.2) is 5.65 Å². The van der Waals surface area contributed by atoms with E-state index in [0.29, 0.717) is 13.1 Å². The van der Waals surface area contributed by atoms with Gasteiger partial charge < -0.3 is 15.1 Å². The van der Waals surface area contributed by atoms with Gasteiger partial charge in [-0.3, -0.25) is 4.79 Å². The molecular weight excluding hydrogens is 366 g/mol. The number of carbonyl (C=O) groups is 1. The number of likely N-dealkylation sites (tertiary alicyclic amines) is 1. The number of piperidine rings is 1. The zero-order valence-electron chi connectivity index (χ0n) is 15.7. The lowest BCUT2D eigenvalue weighted by Gasteiger charge is -2.44. The molecule has 0 saturated carbocycles. The van der Waals surface area contributed by atoms with Crippen LogP contribution in [0, 0.1) is 5.92 Å². The minimum atomic E-state index is -2.63. The van der Waals surface area contributed by atoms with Crippen molar-refractivity contribution in [3.05, 3.63) is 23.5 Å². The highest BCUT2D eigenvalue weighted by Crippen LogP contribution is 2.33. The normalized spacial score (nSPS) is 22.6. The van der Waals surface area contributed by atoms with Gasteiger partial charge in [-0.25, -0.2) is 13.8 Å². The number of fused-ring (bicyclic) bond motifs is 2. The first-order valence-corrected chi connectivity index (χ1v) is 10.00. The predicted molar refractivity (Wildman–Crippen MR) is 99.7 cm³/mol. The smallest absolute Gasteiger partial charge is 0.251 e. The van der Waals surface area contributed by atoms with Crippen molar-refractivity contribution >= 4 is 17.4 Å². The van der Waals surface area contributed by atoms with Gasteiger partial charge in [0.25, 0.3) is 5.92 Å². The molecule has 2 fully saturated rings. The number of carbonyl (C=O) groups excluding carboxylic acids is 1. The van der Waals surface area contributed by atoms with Crippen molar-refractivity contribution in [3.8, 4) is 0 Å². The summed E-state index contributed by atoms with van der Waals surface area (Å²) in [6, 6.07) is 1.90. The molecule has 3 aliphatic rings. The second-order valence-corrected chi connectivity index (χ2v) is 8.00. The molecule has 0 radical (unpaired) electrons. The van der Waals surface area contributed by atoms with Gasteiger partial charge >= 0.3 is 0 Å². The van der Waals surface area contributed by atoms with E-state index in [1.54, 1.807) is 11.1 Å². The van der Waals surface area contributed by atoms with E-state index in [9.17, 15) is 13.6 Å². The minimum absolute atomic E-state index is 0.00488. The van der Waals surface area contributed by atoms with Gasteiger partial charge in [-0.05, 0) is 13.0 Å². The monoisotopic (exact) mass is 390 g/mol. The highest BCUT2D eigenvalue weighted by molar-refractivity contribution is 5.82. The first-order valence-electron chi connectivity index (χ1n) is 10.00. The molecule has 1 amide bonds. The number of hydrogen-bond donors (Lipinski definition) is 1. The molecule has 0 atom stereocenters. The standard InChI is InChI=1S/C19H24F2N6O/c20-19(21)4-9-25(10-5-19)18(28)13-11-26(12-13)17-14-1-6-22-7-2-15(14)24-16-3-8-23-27(16)17/h3,8,13,22H,1-2,4-7,9-12H2. The molecule has 28 heavy (non-hydrogen) atoms. The average Bonchev–Trinajstić information content (AvgIpc) is 2.96. The van der Waals surface area contributed by atoms with E-state index >= 15 is 0 Å². The third-order valence-corrected chi connectivity index (χ3v) is 6.12. The van der Waals surface area contributed by atoms with Crippen molar-refractivity contribution in [2.75, 3.05) is 44.2 Å².